The molecule has 2 saturated heterocycles. The molecular weight excluding hydrogens is 501 g/mol. The fourth-order valence-electron chi connectivity index (χ4n) is 3.36. The van der Waals surface area contributed by atoms with Gasteiger partial charge in [-0.25, -0.2) is 18.7 Å². The third kappa shape index (κ3) is 4.87. The van der Waals surface area contributed by atoms with Crippen LogP contribution in [0, 0.1) is 0 Å². The topological polar surface area (TPSA) is 274 Å². The molecule has 2 aromatic rings. The van der Waals surface area contributed by atoms with E-state index in [2.05, 4.69) is 23.6 Å². The van der Waals surface area contributed by atoms with Crippen molar-refractivity contribution < 1.29 is 55.9 Å². The number of phosphoric acid groups is 3. The van der Waals surface area contributed by atoms with Crippen molar-refractivity contribution in [1.82, 2.24) is 19.5 Å². The SMILES string of the molecule is Nc1nc(N)c2ncn([C@@H]3O[C@@]4(COP(=O)(O)OP(=O)(O)OP(=O)(O)O)CO[C@@H]3C4)c2n1. The summed E-state index contributed by atoms with van der Waals surface area (Å²) in [7, 11) is -16.4. The Kier molecular flexibility index (Phi) is 5.74. The molecule has 0 radical (unpaired) electrons. The summed E-state index contributed by atoms with van der Waals surface area (Å²) in [5, 5.41) is 0. The molecule has 2 unspecified atom stereocenters. The van der Waals surface area contributed by atoms with Crippen LogP contribution in [0.15, 0.2) is 6.33 Å². The maximum atomic E-state index is 12.0. The van der Waals surface area contributed by atoms with Crippen molar-refractivity contribution in [3.8, 4) is 0 Å². The molecule has 2 aliphatic heterocycles. The molecule has 178 valence electrons. The van der Waals surface area contributed by atoms with Crippen molar-refractivity contribution in [3.05, 3.63) is 6.33 Å². The van der Waals surface area contributed by atoms with Gasteiger partial charge in [-0.2, -0.15) is 18.6 Å². The van der Waals surface area contributed by atoms with Crippen molar-refractivity contribution in [2.24, 2.45) is 0 Å². The summed E-state index contributed by atoms with van der Waals surface area (Å²) in [5.41, 5.74) is 10.7. The Morgan fingerprint density at radius 3 is 2.56 bits per heavy atom. The van der Waals surface area contributed by atoms with Crippen LogP contribution in [-0.2, 0) is 36.3 Å². The van der Waals surface area contributed by atoms with Gasteiger partial charge in [-0.15, -0.1) is 0 Å². The van der Waals surface area contributed by atoms with Crippen LogP contribution in [-0.4, -0.2) is 64.0 Å². The zero-order chi connectivity index (χ0) is 23.5. The molecule has 2 bridgehead atoms. The van der Waals surface area contributed by atoms with Crippen LogP contribution >= 0.6 is 23.5 Å². The highest BCUT2D eigenvalue weighted by Crippen LogP contribution is 2.66. The van der Waals surface area contributed by atoms with E-state index in [1.165, 1.54) is 10.9 Å². The summed E-state index contributed by atoms with van der Waals surface area (Å²) >= 11 is 0. The quantitative estimate of drug-likeness (QED) is 0.238. The molecule has 8 N–H and O–H groups in total. The predicted octanol–water partition coefficient (Wildman–Crippen LogP) is -0.610. The van der Waals surface area contributed by atoms with Crippen LogP contribution in [0.25, 0.3) is 11.2 Å². The van der Waals surface area contributed by atoms with Crippen molar-refractivity contribution in [2.45, 2.75) is 24.4 Å². The molecule has 18 nitrogen and oxygen atoms in total. The van der Waals surface area contributed by atoms with Gasteiger partial charge in [0.25, 0.3) is 0 Å². The van der Waals surface area contributed by atoms with Gasteiger partial charge in [0.1, 0.15) is 17.2 Å². The highest BCUT2D eigenvalue weighted by atomic mass is 31.3. The summed E-state index contributed by atoms with van der Waals surface area (Å²) in [6, 6.07) is 0. The second-order valence-electron chi connectivity index (χ2n) is 6.90. The molecule has 5 atom stereocenters. The van der Waals surface area contributed by atoms with E-state index in [1.807, 2.05) is 0 Å². The lowest BCUT2D eigenvalue weighted by atomic mass is 10.0. The lowest BCUT2D eigenvalue weighted by Gasteiger charge is -2.31. The molecule has 0 spiro atoms. The fourth-order valence-corrected chi connectivity index (χ4v) is 6.45. The summed E-state index contributed by atoms with van der Waals surface area (Å²) in [5.74, 6) is -0.0408. The molecule has 32 heavy (non-hydrogen) atoms. The second-order valence-corrected chi connectivity index (χ2v) is 11.3. The Labute approximate surface area is 177 Å². The Balaban J connectivity index is 1.47. The van der Waals surface area contributed by atoms with E-state index >= 15 is 0 Å². The average Bonchev–Trinajstić information content (AvgIpc) is 3.29. The standard InChI is InChI=1S/C11H17N6O12P3/c12-7-6-8(16-10(13)15-7)17(4-14-6)9-5-1-11(27-9,2-25-5)3-26-31(21,22)29-32(23,24)28-30(18,19)20/h4-5,9H,1-3H2,(H,21,22)(H,23,24)(H2,18,19,20)(H4,12,13,15,16)/t5-,9-,11-/m1/s1. The van der Waals surface area contributed by atoms with Gasteiger partial charge >= 0.3 is 23.5 Å². The summed E-state index contributed by atoms with van der Waals surface area (Å²) < 4.78 is 59.3. The number of phosphoric ester groups is 1. The number of aromatic nitrogens is 4. The van der Waals surface area contributed by atoms with Crippen LogP contribution < -0.4 is 11.5 Å². The first-order valence-electron chi connectivity index (χ1n) is 8.51. The first kappa shape index (κ1) is 23.6. The minimum Gasteiger partial charge on any atom is -0.382 e. The van der Waals surface area contributed by atoms with E-state index < -0.39 is 48.0 Å². The van der Waals surface area contributed by atoms with Gasteiger partial charge < -0.3 is 40.5 Å². The highest BCUT2D eigenvalue weighted by molar-refractivity contribution is 7.66. The zero-order valence-electron chi connectivity index (χ0n) is 15.7. The predicted molar refractivity (Wildman–Crippen MR) is 101 cm³/mol. The van der Waals surface area contributed by atoms with Gasteiger partial charge in [0.2, 0.25) is 5.95 Å². The van der Waals surface area contributed by atoms with E-state index in [9.17, 15) is 23.5 Å². The third-order valence-electron chi connectivity index (χ3n) is 4.47. The number of imidazole rings is 1. The molecule has 21 heteroatoms. The molecule has 0 amide bonds. The maximum Gasteiger partial charge on any atom is 0.490 e. The largest absolute Gasteiger partial charge is 0.490 e. The first-order valence-corrected chi connectivity index (χ1v) is 13.0. The van der Waals surface area contributed by atoms with Crippen LogP contribution in [0.4, 0.5) is 11.8 Å². The van der Waals surface area contributed by atoms with Gasteiger partial charge in [-0.05, 0) is 0 Å². The number of hydrogen-bond acceptors (Lipinski definition) is 13. The third-order valence-corrected chi connectivity index (χ3v) is 8.25. The summed E-state index contributed by atoms with van der Waals surface area (Å²) in [6.07, 6.45) is 0.213. The minimum atomic E-state index is -5.63. The van der Waals surface area contributed by atoms with E-state index in [-0.39, 0.29) is 36.0 Å². The number of nitrogens with two attached hydrogens (primary N) is 2. The number of rotatable bonds is 8. The number of nitrogen functional groups attached to an aromatic ring is 2. The Morgan fingerprint density at radius 2 is 1.88 bits per heavy atom. The van der Waals surface area contributed by atoms with Gasteiger partial charge in [0.05, 0.1) is 19.5 Å². The molecule has 2 aromatic heterocycles. The van der Waals surface area contributed by atoms with Gasteiger partial charge in [-0.1, -0.05) is 0 Å². The zero-order valence-corrected chi connectivity index (χ0v) is 18.4. The highest BCUT2D eigenvalue weighted by Gasteiger charge is 2.56. The number of hydrogen-bond donors (Lipinski definition) is 6. The average molecular weight is 518 g/mol. The number of anilines is 2. The smallest absolute Gasteiger partial charge is 0.382 e. The van der Waals surface area contributed by atoms with Crippen molar-refractivity contribution in [2.75, 3.05) is 24.7 Å². The normalized spacial score (nSPS) is 29.2. The number of ether oxygens (including phenoxy) is 2. The summed E-state index contributed by atoms with van der Waals surface area (Å²) in [6.45, 7) is -0.703. The summed E-state index contributed by atoms with van der Waals surface area (Å²) in [4.78, 5) is 48.0. The molecule has 0 saturated carbocycles. The molecule has 4 heterocycles. The van der Waals surface area contributed by atoms with Gasteiger partial charge in [0, 0.05) is 6.42 Å². The van der Waals surface area contributed by atoms with Crippen LogP contribution in [0.5, 0.6) is 0 Å². The molecule has 0 aliphatic carbocycles. The molecular formula is C11H17N6O12P3. The van der Waals surface area contributed by atoms with E-state index in [0.29, 0.717) is 0 Å². The van der Waals surface area contributed by atoms with Crippen LogP contribution in [0.2, 0.25) is 0 Å². The molecule has 4 rings (SSSR count). The Bertz CT molecular complexity index is 1200. The lowest BCUT2D eigenvalue weighted by Crippen LogP contribution is -2.39. The molecule has 2 aliphatic rings. The molecule has 2 fully saturated rings. The van der Waals surface area contributed by atoms with Crippen LogP contribution in [0.3, 0.4) is 0 Å². The van der Waals surface area contributed by atoms with Crippen molar-refractivity contribution >= 4 is 46.4 Å². The van der Waals surface area contributed by atoms with E-state index in [1.54, 1.807) is 0 Å². The Morgan fingerprint density at radius 1 is 1.16 bits per heavy atom. The van der Waals surface area contributed by atoms with E-state index in [4.69, 9.17) is 35.3 Å². The second kappa shape index (κ2) is 7.77. The van der Waals surface area contributed by atoms with Crippen LogP contribution in [0.1, 0.15) is 12.6 Å². The lowest BCUT2D eigenvalue weighted by molar-refractivity contribution is -0.181. The van der Waals surface area contributed by atoms with E-state index in [0.717, 1.165) is 0 Å². The number of nitrogens with zero attached hydrogens (tertiary/aromatic N) is 4. The number of fused-ring (bicyclic) bond motifs is 3. The Hall–Kier alpha value is -1.52. The maximum absolute atomic E-state index is 12.0. The fraction of sp³-hybridized carbons (Fsp3) is 0.545. The van der Waals surface area contributed by atoms with Gasteiger partial charge in [-0.3, -0.25) is 9.09 Å². The van der Waals surface area contributed by atoms with Gasteiger partial charge in [0.15, 0.2) is 17.7 Å². The molecule has 0 aromatic carbocycles. The monoisotopic (exact) mass is 518 g/mol. The first-order chi connectivity index (χ1) is 14.7. The minimum absolute atomic E-state index is 0.0534. The van der Waals surface area contributed by atoms with Crippen molar-refractivity contribution in [3.63, 3.8) is 0 Å². The van der Waals surface area contributed by atoms with Crippen molar-refractivity contribution in [1.29, 1.82) is 0 Å².